The lowest BCUT2D eigenvalue weighted by Crippen LogP contribution is -2.70. The van der Waals surface area contributed by atoms with E-state index in [9.17, 15) is 90.4 Å². The van der Waals surface area contributed by atoms with Crippen molar-refractivity contribution in [2.45, 2.75) is 205 Å². The minimum atomic E-state index is -2.36. The summed E-state index contributed by atoms with van der Waals surface area (Å²) in [6.45, 7) is -2.07. The zero-order valence-corrected chi connectivity index (χ0v) is 53.9. The van der Waals surface area contributed by atoms with Crippen molar-refractivity contribution in [3.05, 3.63) is 65.7 Å². The Morgan fingerprint density at radius 2 is 1.21 bits per heavy atom. The first-order chi connectivity index (χ1) is 47.2. The van der Waals surface area contributed by atoms with Crippen LogP contribution in [0.4, 0.5) is 0 Å². The molecule has 2 aromatic rings. The van der Waals surface area contributed by atoms with E-state index in [2.05, 4.69) is 47.2 Å². The molecule has 25 unspecified atom stereocenters. The highest BCUT2D eigenvalue weighted by atomic mass is 16.7. The van der Waals surface area contributed by atoms with Crippen LogP contribution in [-0.4, -0.2) is 317 Å². The Hall–Kier alpha value is -7.61. The second kappa shape index (κ2) is 35.1. The number of ether oxygens (including phenoxy) is 6. The molecule has 6 heterocycles. The van der Waals surface area contributed by atoms with E-state index in [0.29, 0.717) is 18.4 Å². The molecule has 4 saturated heterocycles. The van der Waals surface area contributed by atoms with Gasteiger partial charge < -0.3 is 148 Å². The molecule has 25 atom stereocenters. The van der Waals surface area contributed by atoms with Crippen LogP contribution in [0.1, 0.15) is 63.0 Å². The normalized spacial score (nSPS) is 35.4. The second-order valence-corrected chi connectivity index (χ2v) is 24.8. The smallest absolute Gasteiger partial charge is 0.306 e. The monoisotopic (exact) mass is 1410 g/mol. The summed E-state index contributed by atoms with van der Waals surface area (Å²) in [5.74, 6) is -9.84. The molecule has 0 bridgehead atoms. The summed E-state index contributed by atoms with van der Waals surface area (Å²) >= 11 is 0. The standard InChI is InChI=1S/C61H90N12O26/c1-3-4-5-9-12-37(79)98-51-46(85)44(83)34(23-76)96-59(51)99-50-35(24-77)97-58(49(88)47(50)86)94-28-15-13-26(14-16-28)17-29-53(90)71-39(41(80)30-18-65-60(62)69-30)56(93)72-40(42(81)32-19-66-61(63)73(32)57-48(87)45(84)43(82)33(22-75)95-57)55(92)68-31(21-74)52(89)64-20-36(78)70-38(54(91)67-29)25(2)27-10-7-6-8-11-27/h6-8,10-11,13-16,25,29-35,38-51,57-59,74-77,80-88H,3-5,9,12,17-24H2,1-2H3,(H2,63,66)(H,64,89)(H,67,91)(H,68,92)(H,70,78)(H,71,90)(H,72,93)(H3,62,65,69). The molecule has 6 aliphatic rings. The summed E-state index contributed by atoms with van der Waals surface area (Å²) in [5, 5.41) is 160. The van der Waals surface area contributed by atoms with E-state index >= 15 is 9.59 Å². The Balaban J connectivity index is 1.09. The third kappa shape index (κ3) is 18.5. The zero-order chi connectivity index (χ0) is 72.1. The first-order valence-electron chi connectivity index (χ1n) is 32.3. The topological polar surface area (TPSA) is 602 Å². The maximum atomic E-state index is 15.2. The SMILES string of the molecule is CCCCCCC(=O)OC1C(OC2C(CO)OC(Oc3ccc(CC4NC(=O)C(C(C)c5ccccc5)NC(=O)CNC(=O)C(CO)NC(=O)C(C(O)C5CN=C(N)N5C5OC(CO)C(O)C(O)C5O)NC(=O)C(C(O)C5CN=C(N)N5)NC4=O)cc3)C(O)C2O)OC(CO)C(O)C1O. The van der Waals surface area contributed by atoms with Gasteiger partial charge in [0.05, 0.1) is 58.1 Å². The number of esters is 1. The summed E-state index contributed by atoms with van der Waals surface area (Å²) < 4.78 is 34.6. The van der Waals surface area contributed by atoms with Crippen molar-refractivity contribution in [1.82, 2.24) is 42.1 Å². The van der Waals surface area contributed by atoms with Crippen LogP contribution in [0.25, 0.3) is 0 Å². The molecule has 6 aliphatic heterocycles. The van der Waals surface area contributed by atoms with Gasteiger partial charge in [0.1, 0.15) is 115 Å². The maximum Gasteiger partial charge on any atom is 0.306 e. The Kier molecular flexibility index (Phi) is 27.4. The lowest BCUT2D eigenvalue weighted by atomic mass is 9.92. The number of hydrogen-bond acceptors (Lipinski definition) is 32. The second-order valence-electron chi connectivity index (χ2n) is 24.8. The van der Waals surface area contributed by atoms with Crippen molar-refractivity contribution in [2.24, 2.45) is 21.5 Å². The van der Waals surface area contributed by atoms with Gasteiger partial charge in [0, 0.05) is 18.8 Å². The number of amides is 6. The molecule has 24 N–H and O–H groups in total. The molecule has 8 rings (SSSR count). The molecule has 0 saturated carbocycles. The van der Waals surface area contributed by atoms with Gasteiger partial charge in [-0.05, 0) is 29.7 Å². The van der Waals surface area contributed by atoms with Gasteiger partial charge >= 0.3 is 5.97 Å². The number of rotatable bonds is 23. The Bertz CT molecular complexity index is 3130. The van der Waals surface area contributed by atoms with Crippen LogP contribution in [0.5, 0.6) is 5.75 Å². The number of benzene rings is 2. The quantitative estimate of drug-likeness (QED) is 0.0363. The number of aliphatic hydroxyl groups is 13. The Labute approximate surface area is 566 Å². The molecule has 38 nitrogen and oxygen atoms in total. The minimum Gasteiger partial charge on any atom is -0.462 e. The van der Waals surface area contributed by atoms with Gasteiger partial charge in [-0.2, -0.15) is 0 Å². The number of nitrogens with two attached hydrogens (primary N) is 2. The van der Waals surface area contributed by atoms with E-state index in [4.69, 9.17) is 39.9 Å². The number of nitrogens with one attached hydrogen (secondary N) is 7. The number of aliphatic hydroxyl groups excluding tert-OH is 13. The highest BCUT2D eigenvalue weighted by molar-refractivity contribution is 5.98. The number of nitrogens with zero attached hydrogens (tertiary/aromatic N) is 3. The molecule has 0 spiro atoms. The number of carbonyl (C=O) groups excluding carboxylic acids is 7. The van der Waals surface area contributed by atoms with E-state index in [1.54, 1.807) is 37.3 Å². The molecular weight excluding hydrogens is 1320 g/mol. The fourth-order valence-corrected chi connectivity index (χ4v) is 12.2. The molecule has 0 aromatic heterocycles. The number of aliphatic imine (C=N–C) groups is 2. The minimum absolute atomic E-state index is 0.0721. The average Bonchev–Trinajstić information content (AvgIpc) is 1.75. The van der Waals surface area contributed by atoms with Crippen LogP contribution < -0.4 is 53.4 Å². The van der Waals surface area contributed by atoms with Gasteiger partial charge in [-0.3, -0.25) is 43.5 Å². The van der Waals surface area contributed by atoms with E-state index in [0.717, 1.165) is 17.7 Å². The first kappa shape index (κ1) is 77.1. The highest BCUT2D eigenvalue weighted by Gasteiger charge is 2.55. The van der Waals surface area contributed by atoms with Crippen molar-refractivity contribution < 1.29 is 128 Å². The lowest BCUT2D eigenvalue weighted by Gasteiger charge is -2.46. The molecule has 0 radical (unpaired) electrons. The van der Waals surface area contributed by atoms with Gasteiger partial charge in [0.25, 0.3) is 0 Å². The molecule has 4 fully saturated rings. The van der Waals surface area contributed by atoms with Crippen LogP contribution in [-0.2, 0) is 63.7 Å². The molecule has 0 aliphatic carbocycles. The third-order valence-electron chi connectivity index (χ3n) is 18.0. The Morgan fingerprint density at radius 1 is 0.606 bits per heavy atom. The van der Waals surface area contributed by atoms with Crippen molar-refractivity contribution in [3.63, 3.8) is 0 Å². The number of carbonyl (C=O) groups is 7. The molecular formula is C61H90N12O26. The summed E-state index contributed by atoms with van der Waals surface area (Å²) in [6.07, 6.45) is -29.0. The van der Waals surface area contributed by atoms with Crippen LogP contribution in [0.2, 0.25) is 0 Å². The van der Waals surface area contributed by atoms with Gasteiger partial charge in [0.2, 0.25) is 41.7 Å². The van der Waals surface area contributed by atoms with Gasteiger partial charge in [-0.1, -0.05) is 75.6 Å². The molecule has 6 amide bonds. The average molecular weight is 1410 g/mol. The van der Waals surface area contributed by atoms with E-state index in [1.807, 2.05) is 6.92 Å². The predicted octanol–water partition coefficient (Wildman–Crippen LogP) is -11.1. The van der Waals surface area contributed by atoms with Crippen molar-refractivity contribution in [2.75, 3.05) is 46.1 Å². The fraction of sp³-hybridized carbons (Fsp3) is 0.656. The maximum absolute atomic E-state index is 15.2. The first-order valence-corrected chi connectivity index (χ1v) is 32.3. The fourth-order valence-electron chi connectivity index (χ4n) is 12.2. The lowest BCUT2D eigenvalue weighted by molar-refractivity contribution is -0.353. The Morgan fingerprint density at radius 3 is 1.86 bits per heavy atom. The van der Waals surface area contributed by atoms with Crippen LogP contribution in [0.3, 0.4) is 0 Å². The van der Waals surface area contributed by atoms with Crippen molar-refractivity contribution >= 4 is 53.3 Å². The van der Waals surface area contributed by atoms with Crippen molar-refractivity contribution in [1.29, 1.82) is 0 Å². The molecule has 38 heteroatoms. The molecule has 2 aromatic carbocycles. The van der Waals surface area contributed by atoms with Crippen molar-refractivity contribution in [3.8, 4) is 5.75 Å². The third-order valence-corrected chi connectivity index (χ3v) is 18.0. The van der Waals surface area contributed by atoms with Crippen LogP contribution in [0, 0.1) is 0 Å². The van der Waals surface area contributed by atoms with Gasteiger partial charge in [0.15, 0.2) is 30.5 Å². The summed E-state index contributed by atoms with van der Waals surface area (Å²) in [4.78, 5) is 109. The molecule has 99 heavy (non-hydrogen) atoms. The summed E-state index contributed by atoms with van der Waals surface area (Å²) in [6, 6.07) is 0.763. The summed E-state index contributed by atoms with van der Waals surface area (Å²) in [5.41, 5.74) is 12.8. The number of guanidine groups is 2. The largest absolute Gasteiger partial charge is 0.462 e. The number of hydrogen-bond donors (Lipinski definition) is 22. The van der Waals surface area contributed by atoms with Crippen LogP contribution >= 0.6 is 0 Å². The van der Waals surface area contributed by atoms with E-state index in [1.165, 1.54) is 24.3 Å². The van der Waals surface area contributed by atoms with Gasteiger partial charge in [-0.25, -0.2) is 0 Å². The van der Waals surface area contributed by atoms with Crippen LogP contribution in [0.15, 0.2) is 64.6 Å². The number of unbranched alkanes of at least 4 members (excludes halogenated alkanes) is 3. The highest BCUT2D eigenvalue weighted by Crippen LogP contribution is 2.33. The van der Waals surface area contributed by atoms with E-state index in [-0.39, 0.29) is 30.2 Å². The molecule has 550 valence electrons. The summed E-state index contributed by atoms with van der Waals surface area (Å²) in [7, 11) is 0. The van der Waals surface area contributed by atoms with E-state index < -0.39 is 246 Å². The predicted molar refractivity (Wildman–Crippen MR) is 336 cm³/mol. The zero-order valence-electron chi connectivity index (χ0n) is 53.9. The van der Waals surface area contributed by atoms with Gasteiger partial charge in [-0.15, -0.1) is 0 Å².